The molecule has 4 rings (SSSR count). The number of carbonyl (C=O) groups excluding carboxylic acids is 2. The Morgan fingerprint density at radius 3 is 2.94 bits per heavy atom. The summed E-state index contributed by atoms with van der Waals surface area (Å²) in [4.78, 5) is 32.9. The minimum atomic E-state index is -0.794. The number of ketones is 1. The molecule has 0 saturated carbocycles. The van der Waals surface area contributed by atoms with E-state index in [-0.39, 0.29) is 37.0 Å². The topological polar surface area (TPSA) is 123 Å². The van der Waals surface area contributed by atoms with E-state index in [2.05, 4.69) is 15.3 Å². The van der Waals surface area contributed by atoms with Crippen LogP contribution in [0, 0.1) is 0 Å². The van der Waals surface area contributed by atoms with Gasteiger partial charge in [0.05, 0.1) is 18.9 Å². The summed E-state index contributed by atoms with van der Waals surface area (Å²) in [5.74, 6) is -1.06. The van der Waals surface area contributed by atoms with Crippen molar-refractivity contribution in [3.63, 3.8) is 0 Å². The Morgan fingerprint density at radius 1 is 1.28 bits per heavy atom. The number of aromatic nitrogens is 2. The number of nitrogens with zero attached hydrogens (tertiary/aromatic N) is 1. The summed E-state index contributed by atoms with van der Waals surface area (Å²) in [6, 6.07) is 10.5. The Kier molecular flexibility index (Phi) is 6.18. The van der Waals surface area contributed by atoms with Gasteiger partial charge in [-0.25, -0.2) is 9.78 Å². The molecule has 3 heterocycles. The van der Waals surface area contributed by atoms with E-state index >= 15 is 0 Å². The van der Waals surface area contributed by atoms with Gasteiger partial charge in [-0.3, -0.25) is 4.79 Å². The lowest BCUT2D eigenvalue weighted by atomic mass is 10.1. The quantitative estimate of drug-likeness (QED) is 0.280. The first-order valence-corrected chi connectivity index (χ1v) is 9.99. The van der Waals surface area contributed by atoms with Crippen molar-refractivity contribution in [1.82, 2.24) is 9.97 Å². The van der Waals surface area contributed by atoms with Crippen LogP contribution in [-0.2, 0) is 19.1 Å². The Morgan fingerprint density at radius 2 is 2.12 bits per heavy atom. The monoisotopic (exact) mass is 435 g/mol. The smallest absolute Gasteiger partial charge is 0.347 e. The fourth-order valence-electron chi connectivity index (χ4n) is 3.22. The molecule has 1 aliphatic heterocycles. The normalized spacial score (nSPS) is 14.7. The van der Waals surface area contributed by atoms with Crippen LogP contribution in [-0.4, -0.2) is 46.6 Å². The van der Waals surface area contributed by atoms with Gasteiger partial charge in [-0.2, -0.15) is 0 Å². The van der Waals surface area contributed by atoms with Gasteiger partial charge < -0.3 is 29.6 Å². The fraction of sp³-hybridized carbons (Fsp3) is 0.174. The summed E-state index contributed by atoms with van der Waals surface area (Å²) in [7, 11) is 0. The van der Waals surface area contributed by atoms with Crippen LogP contribution in [0.25, 0.3) is 17.1 Å². The number of Topliss-reactive ketones (excluding diaryl/α,β-unsaturated/α-hetero) is 1. The van der Waals surface area contributed by atoms with Crippen LogP contribution >= 0.6 is 0 Å². The van der Waals surface area contributed by atoms with Gasteiger partial charge in [-0.1, -0.05) is 12.1 Å². The highest BCUT2D eigenvalue weighted by Crippen LogP contribution is 2.33. The van der Waals surface area contributed by atoms with Crippen molar-refractivity contribution in [2.45, 2.75) is 6.92 Å². The number of ether oxygens (including phenoxy) is 3. The fourth-order valence-corrected chi connectivity index (χ4v) is 3.22. The van der Waals surface area contributed by atoms with E-state index in [1.807, 2.05) is 6.07 Å². The van der Waals surface area contributed by atoms with E-state index in [9.17, 15) is 9.59 Å². The number of benzene rings is 1. The zero-order valence-corrected chi connectivity index (χ0v) is 17.3. The summed E-state index contributed by atoms with van der Waals surface area (Å²) in [5, 5.41) is 12.8. The SMILES string of the molecule is CCOC(=O)C1=C(Nc2ccccc2OCCO)OC(=Cc2c[nH]c3ncccc23)C1=O. The van der Waals surface area contributed by atoms with Gasteiger partial charge in [0.1, 0.15) is 18.0 Å². The number of rotatable bonds is 8. The van der Waals surface area contributed by atoms with Crippen molar-refractivity contribution in [2.75, 3.05) is 25.1 Å². The minimum absolute atomic E-state index is 0.0333. The number of hydrogen-bond donors (Lipinski definition) is 3. The van der Waals surface area contributed by atoms with Crippen LogP contribution in [0.15, 0.2) is 66.0 Å². The number of pyridine rings is 1. The van der Waals surface area contributed by atoms with Crippen molar-refractivity contribution in [1.29, 1.82) is 0 Å². The van der Waals surface area contributed by atoms with Crippen LogP contribution < -0.4 is 10.1 Å². The molecule has 32 heavy (non-hydrogen) atoms. The predicted octanol–water partition coefficient (Wildman–Crippen LogP) is 2.76. The van der Waals surface area contributed by atoms with Gasteiger partial charge >= 0.3 is 5.97 Å². The number of carbonyl (C=O) groups is 2. The number of esters is 1. The number of allylic oxidation sites excluding steroid dienone is 1. The van der Waals surface area contributed by atoms with E-state index in [0.717, 1.165) is 5.39 Å². The Labute approximate surface area is 183 Å². The van der Waals surface area contributed by atoms with E-state index < -0.39 is 11.8 Å². The lowest BCUT2D eigenvalue weighted by Crippen LogP contribution is -2.16. The molecule has 9 heteroatoms. The van der Waals surface area contributed by atoms with Crippen LogP contribution in [0.5, 0.6) is 5.75 Å². The summed E-state index contributed by atoms with van der Waals surface area (Å²) in [5.41, 5.74) is 1.57. The molecule has 0 spiro atoms. The summed E-state index contributed by atoms with van der Waals surface area (Å²) < 4.78 is 16.4. The maximum Gasteiger partial charge on any atom is 0.347 e. The molecule has 0 aliphatic carbocycles. The number of hydrogen-bond acceptors (Lipinski definition) is 8. The molecule has 0 saturated heterocycles. The largest absolute Gasteiger partial charge is 0.489 e. The molecule has 164 valence electrons. The van der Waals surface area contributed by atoms with E-state index in [1.165, 1.54) is 0 Å². The molecule has 9 nitrogen and oxygen atoms in total. The highest BCUT2D eigenvalue weighted by atomic mass is 16.5. The van der Waals surface area contributed by atoms with Crippen LogP contribution in [0.4, 0.5) is 5.69 Å². The number of aliphatic hydroxyl groups excluding tert-OH is 1. The van der Waals surface area contributed by atoms with Gasteiger partial charge in [0.2, 0.25) is 11.7 Å². The number of H-pyrrole nitrogens is 1. The summed E-state index contributed by atoms with van der Waals surface area (Å²) in [6.45, 7) is 1.68. The minimum Gasteiger partial charge on any atom is -0.489 e. The maximum atomic E-state index is 13.1. The van der Waals surface area contributed by atoms with Gasteiger partial charge in [-0.05, 0) is 37.3 Å². The summed E-state index contributed by atoms with van der Waals surface area (Å²) >= 11 is 0. The highest BCUT2D eigenvalue weighted by molar-refractivity contribution is 6.26. The molecule has 3 N–H and O–H groups in total. The van der Waals surface area contributed by atoms with Gasteiger partial charge in [0.25, 0.3) is 0 Å². The number of aliphatic hydroxyl groups is 1. The molecule has 0 atom stereocenters. The van der Waals surface area contributed by atoms with E-state index in [0.29, 0.717) is 22.6 Å². The Balaban J connectivity index is 1.69. The third kappa shape index (κ3) is 4.19. The Hall–Kier alpha value is -4.11. The van der Waals surface area contributed by atoms with Crippen molar-refractivity contribution in [3.8, 4) is 5.75 Å². The molecule has 1 aliphatic rings. The maximum absolute atomic E-state index is 13.1. The molecule has 0 unspecified atom stereocenters. The molecular formula is C23H21N3O6. The number of para-hydroxylation sites is 2. The van der Waals surface area contributed by atoms with Crippen molar-refractivity contribution >= 4 is 34.5 Å². The first-order chi connectivity index (χ1) is 15.6. The molecule has 0 bridgehead atoms. The third-order valence-corrected chi connectivity index (χ3v) is 4.62. The van der Waals surface area contributed by atoms with Crippen LogP contribution in [0.3, 0.4) is 0 Å². The molecular weight excluding hydrogens is 414 g/mol. The summed E-state index contributed by atoms with van der Waals surface area (Å²) in [6.07, 6.45) is 4.91. The standard InChI is InChI=1S/C23H21N3O6/c1-2-30-23(29)19-20(28)18(12-14-13-25-21-15(14)6-5-9-24-21)32-22(19)26-16-7-3-4-8-17(16)31-11-10-27/h3-9,12-13,26-27H,2,10-11H2,1H3,(H,24,25). The first-order valence-electron chi connectivity index (χ1n) is 9.99. The second kappa shape index (κ2) is 9.36. The average molecular weight is 435 g/mol. The van der Waals surface area contributed by atoms with Crippen molar-refractivity contribution in [3.05, 3.63) is 71.6 Å². The van der Waals surface area contributed by atoms with Crippen molar-refractivity contribution in [2.24, 2.45) is 0 Å². The lowest BCUT2D eigenvalue weighted by Gasteiger charge is -2.13. The molecule has 1 aromatic carbocycles. The molecule has 0 radical (unpaired) electrons. The Bertz CT molecular complexity index is 1230. The lowest BCUT2D eigenvalue weighted by molar-refractivity contribution is -0.139. The average Bonchev–Trinajstić information content (AvgIpc) is 3.34. The van der Waals surface area contributed by atoms with Gasteiger partial charge in [0.15, 0.2) is 11.3 Å². The zero-order chi connectivity index (χ0) is 22.5. The van der Waals surface area contributed by atoms with Crippen LogP contribution in [0.1, 0.15) is 12.5 Å². The molecule has 3 aromatic rings. The van der Waals surface area contributed by atoms with E-state index in [4.69, 9.17) is 19.3 Å². The first kappa shape index (κ1) is 21.1. The predicted molar refractivity (Wildman–Crippen MR) is 116 cm³/mol. The molecule has 0 amide bonds. The second-order valence-corrected chi connectivity index (χ2v) is 6.70. The van der Waals surface area contributed by atoms with Gasteiger partial charge in [0, 0.05) is 23.3 Å². The highest BCUT2D eigenvalue weighted by Gasteiger charge is 2.37. The van der Waals surface area contributed by atoms with E-state index in [1.54, 1.807) is 55.7 Å². The third-order valence-electron chi connectivity index (χ3n) is 4.62. The number of nitrogens with one attached hydrogen (secondary N) is 2. The van der Waals surface area contributed by atoms with Crippen LogP contribution in [0.2, 0.25) is 0 Å². The number of anilines is 1. The molecule has 0 fully saturated rings. The number of aromatic amines is 1. The second-order valence-electron chi connectivity index (χ2n) is 6.70. The van der Waals surface area contributed by atoms with Crippen molar-refractivity contribution < 1.29 is 28.9 Å². The van der Waals surface area contributed by atoms with Gasteiger partial charge in [-0.15, -0.1) is 0 Å². The number of fused-ring (bicyclic) bond motifs is 1. The molecule has 2 aromatic heterocycles. The zero-order valence-electron chi connectivity index (χ0n) is 17.3.